The van der Waals surface area contributed by atoms with Gasteiger partial charge in [-0.15, -0.1) is 12.4 Å². The Hall–Kier alpha value is -2.04. The summed E-state index contributed by atoms with van der Waals surface area (Å²) in [5.74, 6) is 1.66. The molecule has 0 radical (unpaired) electrons. The highest BCUT2D eigenvalue weighted by molar-refractivity contribution is 5.85. The van der Waals surface area contributed by atoms with Crippen LogP contribution in [0.25, 0.3) is 0 Å². The van der Waals surface area contributed by atoms with E-state index in [1.807, 2.05) is 18.2 Å². The van der Waals surface area contributed by atoms with Gasteiger partial charge in [0.15, 0.2) is 0 Å². The molecule has 3 aliphatic heterocycles. The van der Waals surface area contributed by atoms with Gasteiger partial charge in [0.25, 0.3) is 0 Å². The van der Waals surface area contributed by atoms with Crippen molar-refractivity contribution in [3.8, 4) is 5.75 Å². The number of fused-ring (bicyclic) bond motifs is 3. The van der Waals surface area contributed by atoms with Crippen LogP contribution in [0.5, 0.6) is 5.75 Å². The number of nitrogens with one attached hydrogen (secondary N) is 2. The lowest BCUT2D eigenvalue weighted by atomic mass is 9.89. The summed E-state index contributed by atoms with van der Waals surface area (Å²) in [5, 5.41) is 7.03. The monoisotopic (exact) mass is 426 g/mol. The molecule has 3 heterocycles. The average molecular weight is 427 g/mol. The minimum absolute atomic E-state index is 0. The van der Waals surface area contributed by atoms with Gasteiger partial charge in [-0.2, -0.15) is 0 Å². The Morgan fingerprint density at radius 3 is 2.60 bits per heavy atom. The van der Waals surface area contributed by atoms with Crippen molar-refractivity contribution in [2.24, 2.45) is 5.92 Å². The molecule has 0 aliphatic carbocycles. The van der Waals surface area contributed by atoms with E-state index in [9.17, 15) is 4.79 Å². The maximum absolute atomic E-state index is 13.0. The van der Waals surface area contributed by atoms with Crippen molar-refractivity contribution in [2.45, 2.75) is 63.1 Å². The zero-order chi connectivity index (χ0) is 19.6. The molecule has 2 aromatic rings. The molecule has 160 valence electrons. The number of carbonyl (C=O) groups is 1. The van der Waals surface area contributed by atoms with Crippen molar-refractivity contribution < 1.29 is 9.53 Å². The number of amides is 1. The molecule has 0 spiro atoms. The lowest BCUT2D eigenvalue weighted by Crippen LogP contribution is -2.40. The average Bonchev–Trinajstić information content (AvgIpc) is 3.10. The molecule has 30 heavy (non-hydrogen) atoms. The fourth-order valence-corrected chi connectivity index (χ4v) is 5.39. The number of hydrogen-bond acceptors (Lipinski definition) is 3. The molecule has 4 nitrogen and oxygen atoms in total. The van der Waals surface area contributed by atoms with Gasteiger partial charge >= 0.3 is 0 Å². The van der Waals surface area contributed by atoms with Crippen LogP contribution < -0.4 is 15.4 Å². The topological polar surface area (TPSA) is 50.4 Å². The quantitative estimate of drug-likeness (QED) is 0.736. The number of ether oxygens (including phenoxy) is 1. The third-order valence-corrected chi connectivity index (χ3v) is 6.75. The first kappa shape index (κ1) is 21.2. The molecule has 5 heteroatoms. The summed E-state index contributed by atoms with van der Waals surface area (Å²) in [7, 11) is 0. The van der Waals surface area contributed by atoms with Crippen LogP contribution in [0.1, 0.15) is 61.3 Å². The summed E-state index contributed by atoms with van der Waals surface area (Å²) >= 11 is 0. The second-order valence-corrected chi connectivity index (χ2v) is 8.91. The number of halogens is 1. The van der Waals surface area contributed by atoms with Gasteiger partial charge in [0.05, 0.1) is 12.6 Å². The van der Waals surface area contributed by atoms with Gasteiger partial charge in [-0.25, -0.2) is 0 Å². The minimum Gasteiger partial charge on any atom is -0.493 e. The van der Waals surface area contributed by atoms with E-state index in [0.717, 1.165) is 49.2 Å². The highest BCUT2D eigenvalue weighted by Gasteiger charge is 2.34. The molecular weight excluding hydrogens is 396 g/mol. The second kappa shape index (κ2) is 9.40. The van der Waals surface area contributed by atoms with Gasteiger partial charge in [-0.1, -0.05) is 36.4 Å². The molecule has 0 saturated carbocycles. The molecule has 3 unspecified atom stereocenters. The zero-order valence-corrected chi connectivity index (χ0v) is 18.1. The Kier molecular flexibility index (Phi) is 6.64. The van der Waals surface area contributed by atoms with Crippen molar-refractivity contribution in [3.63, 3.8) is 0 Å². The molecule has 5 rings (SSSR count). The molecule has 2 saturated heterocycles. The smallest absolute Gasteiger partial charge is 0.221 e. The van der Waals surface area contributed by atoms with E-state index < -0.39 is 0 Å². The van der Waals surface area contributed by atoms with E-state index in [4.69, 9.17) is 4.74 Å². The van der Waals surface area contributed by atoms with Crippen LogP contribution in [0.15, 0.2) is 48.5 Å². The Morgan fingerprint density at radius 2 is 1.83 bits per heavy atom. The fraction of sp³-hybridized carbons (Fsp3) is 0.480. The summed E-state index contributed by atoms with van der Waals surface area (Å²) < 4.78 is 5.78. The Morgan fingerprint density at radius 1 is 1.07 bits per heavy atom. The highest BCUT2D eigenvalue weighted by Crippen LogP contribution is 2.34. The first-order valence-corrected chi connectivity index (χ1v) is 11.1. The first-order valence-electron chi connectivity index (χ1n) is 11.1. The molecule has 0 aromatic heterocycles. The Balaban J connectivity index is 0.00000218. The van der Waals surface area contributed by atoms with Crippen LogP contribution in [0, 0.1) is 5.92 Å². The van der Waals surface area contributed by atoms with Crippen molar-refractivity contribution in [3.05, 3.63) is 65.2 Å². The minimum atomic E-state index is -0.116. The van der Waals surface area contributed by atoms with Crippen molar-refractivity contribution in [1.82, 2.24) is 10.6 Å². The Bertz CT molecular complexity index is 861. The predicted molar refractivity (Wildman–Crippen MR) is 121 cm³/mol. The van der Waals surface area contributed by atoms with E-state index in [1.54, 1.807) is 0 Å². The molecule has 2 fully saturated rings. The van der Waals surface area contributed by atoms with Crippen LogP contribution in [-0.4, -0.2) is 24.6 Å². The lowest BCUT2D eigenvalue weighted by molar-refractivity contribution is -0.122. The largest absolute Gasteiger partial charge is 0.493 e. The van der Waals surface area contributed by atoms with Gasteiger partial charge in [-0.3, -0.25) is 4.79 Å². The normalized spacial score (nSPS) is 25.4. The van der Waals surface area contributed by atoms with Crippen LogP contribution in [0.4, 0.5) is 0 Å². The number of hydrogen-bond donors (Lipinski definition) is 2. The van der Waals surface area contributed by atoms with Crippen molar-refractivity contribution in [2.75, 3.05) is 6.61 Å². The van der Waals surface area contributed by atoms with E-state index in [-0.39, 0.29) is 24.4 Å². The van der Waals surface area contributed by atoms with Crippen LogP contribution in [-0.2, 0) is 11.2 Å². The fourth-order valence-electron chi connectivity index (χ4n) is 5.39. The maximum atomic E-state index is 13.0. The van der Waals surface area contributed by atoms with Gasteiger partial charge in [0, 0.05) is 18.5 Å². The summed E-state index contributed by atoms with van der Waals surface area (Å²) in [5.41, 5.74) is 3.51. The molecule has 2 aromatic carbocycles. The molecule has 3 atom stereocenters. The predicted octanol–water partition coefficient (Wildman–Crippen LogP) is 4.56. The van der Waals surface area contributed by atoms with Crippen LogP contribution >= 0.6 is 12.4 Å². The second-order valence-electron chi connectivity index (χ2n) is 8.91. The van der Waals surface area contributed by atoms with Gasteiger partial charge in [0.2, 0.25) is 5.91 Å². The summed E-state index contributed by atoms with van der Waals surface area (Å²) in [6, 6.07) is 17.8. The van der Waals surface area contributed by atoms with Crippen molar-refractivity contribution >= 4 is 18.3 Å². The van der Waals surface area contributed by atoms with Gasteiger partial charge in [-0.05, 0) is 73.3 Å². The number of carbonyl (C=O) groups excluding carboxylic acids is 1. The Labute approximate surface area is 185 Å². The summed E-state index contributed by atoms with van der Waals surface area (Å²) in [6.07, 6.45) is 7.53. The highest BCUT2D eigenvalue weighted by atomic mass is 35.5. The number of piperidine rings is 1. The van der Waals surface area contributed by atoms with Crippen LogP contribution in [0.2, 0.25) is 0 Å². The SMILES string of the molecule is Cl.O=C(CC1CC2CCC(C1)N2)NC(c1ccccc1)c1ccc2c(c1)CCCO2. The molecule has 1 amide bonds. The third kappa shape index (κ3) is 4.65. The molecular formula is C25H31ClN2O2. The van der Waals surface area contributed by atoms with E-state index in [0.29, 0.717) is 24.4 Å². The van der Waals surface area contributed by atoms with E-state index in [1.165, 1.54) is 18.4 Å². The van der Waals surface area contributed by atoms with Crippen LogP contribution in [0.3, 0.4) is 0 Å². The lowest BCUT2D eigenvalue weighted by Gasteiger charge is -2.29. The third-order valence-electron chi connectivity index (χ3n) is 6.75. The first-order chi connectivity index (χ1) is 14.2. The number of rotatable bonds is 5. The molecule has 2 bridgehead atoms. The number of aryl methyl sites for hydroxylation is 1. The van der Waals surface area contributed by atoms with Gasteiger partial charge < -0.3 is 15.4 Å². The van der Waals surface area contributed by atoms with E-state index >= 15 is 0 Å². The summed E-state index contributed by atoms with van der Waals surface area (Å²) in [4.78, 5) is 13.0. The molecule has 3 aliphatic rings. The summed E-state index contributed by atoms with van der Waals surface area (Å²) in [6.45, 7) is 0.795. The maximum Gasteiger partial charge on any atom is 0.221 e. The zero-order valence-electron chi connectivity index (χ0n) is 17.3. The van der Waals surface area contributed by atoms with Crippen molar-refractivity contribution in [1.29, 1.82) is 0 Å². The van der Waals surface area contributed by atoms with Gasteiger partial charge in [0.1, 0.15) is 5.75 Å². The standard InChI is InChI=1S/C25H30N2O2.ClH/c28-24(15-17-13-21-9-10-22(14-17)26-21)27-25(18-5-2-1-3-6-18)20-8-11-23-19(16-20)7-4-12-29-23;/h1-3,5-6,8,11,16-17,21-22,25-26H,4,7,9-10,12-15H2,(H,27,28);1H. The molecule has 2 N–H and O–H groups in total. The number of benzene rings is 2. The van der Waals surface area contributed by atoms with E-state index in [2.05, 4.69) is 41.0 Å².